The van der Waals surface area contributed by atoms with Crippen LogP contribution in [0.2, 0.25) is 0 Å². The Labute approximate surface area is 125 Å². The van der Waals surface area contributed by atoms with Crippen LogP contribution in [0.15, 0.2) is 24.3 Å². The minimum absolute atomic E-state index is 0.271. The topological polar surface area (TPSA) is 78.4 Å². The van der Waals surface area contributed by atoms with Gasteiger partial charge in [0.1, 0.15) is 0 Å². The van der Waals surface area contributed by atoms with E-state index in [1.54, 1.807) is 19.1 Å². The van der Waals surface area contributed by atoms with Gasteiger partial charge in [-0.15, -0.1) is 0 Å². The molecular weight excluding hydrogens is 268 g/mol. The van der Waals surface area contributed by atoms with E-state index in [0.29, 0.717) is 18.7 Å². The summed E-state index contributed by atoms with van der Waals surface area (Å²) in [6.45, 7) is 7.75. The second kappa shape index (κ2) is 7.22. The van der Waals surface area contributed by atoms with Crippen molar-refractivity contribution in [1.82, 2.24) is 5.32 Å². The highest BCUT2D eigenvalue weighted by Gasteiger charge is 2.23. The summed E-state index contributed by atoms with van der Waals surface area (Å²) in [6, 6.07) is 7.27. The number of hydrogen-bond acceptors (Lipinski definition) is 3. The van der Waals surface area contributed by atoms with Crippen LogP contribution in [-0.4, -0.2) is 29.6 Å². The van der Waals surface area contributed by atoms with Gasteiger partial charge in [-0.1, -0.05) is 32.0 Å². The summed E-state index contributed by atoms with van der Waals surface area (Å²) in [5.74, 6) is -1.35. The maximum atomic E-state index is 11.8. The molecule has 116 valence electrons. The van der Waals surface area contributed by atoms with Crippen molar-refractivity contribution in [3.05, 3.63) is 29.8 Å². The van der Waals surface area contributed by atoms with Crippen LogP contribution in [0.1, 0.15) is 32.8 Å². The smallest absolute Gasteiger partial charge is 0.313 e. The molecule has 0 aliphatic heterocycles. The van der Waals surface area contributed by atoms with Crippen molar-refractivity contribution in [3.63, 3.8) is 0 Å². The molecule has 0 radical (unpaired) electrons. The molecule has 0 aliphatic carbocycles. The van der Waals surface area contributed by atoms with E-state index in [-0.39, 0.29) is 5.41 Å². The maximum absolute atomic E-state index is 11.8. The van der Waals surface area contributed by atoms with E-state index in [0.717, 1.165) is 5.56 Å². The van der Waals surface area contributed by atoms with Crippen LogP contribution in [0.4, 0.5) is 5.69 Å². The molecule has 0 saturated heterocycles. The normalized spacial score (nSPS) is 12.6. The molecule has 21 heavy (non-hydrogen) atoms. The lowest BCUT2D eigenvalue weighted by molar-refractivity contribution is -0.136. The first-order valence-electron chi connectivity index (χ1n) is 7.04. The monoisotopic (exact) mass is 292 g/mol. The average Bonchev–Trinajstić information content (AvgIpc) is 2.37. The van der Waals surface area contributed by atoms with Gasteiger partial charge in [-0.25, -0.2) is 0 Å². The van der Waals surface area contributed by atoms with Crippen molar-refractivity contribution >= 4 is 17.5 Å². The van der Waals surface area contributed by atoms with Gasteiger partial charge in [0.05, 0.1) is 6.10 Å². The van der Waals surface area contributed by atoms with E-state index in [9.17, 15) is 14.7 Å². The van der Waals surface area contributed by atoms with Gasteiger partial charge in [-0.05, 0) is 37.3 Å². The number of amides is 2. The molecule has 1 rings (SSSR count). The Balaban J connectivity index is 2.52. The quantitative estimate of drug-likeness (QED) is 0.725. The number of para-hydroxylation sites is 1. The van der Waals surface area contributed by atoms with Gasteiger partial charge in [0.15, 0.2) is 0 Å². The van der Waals surface area contributed by atoms with Crippen molar-refractivity contribution in [2.24, 2.45) is 5.41 Å². The molecule has 0 fully saturated rings. The number of benzene rings is 1. The lowest BCUT2D eigenvalue weighted by Crippen LogP contribution is -2.41. The Morgan fingerprint density at radius 2 is 1.86 bits per heavy atom. The van der Waals surface area contributed by atoms with Gasteiger partial charge >= 0.3 is 11.8 Å². The first-order chi connectivity index (χ1) is 9.71. The van der Waals surface area contributed by atoms with E-state index in [1.165, 1.54) is 0 Å². The summed E-state index contributed by atoms with van der Waals surface area (Å²) in [5.41, 5.74) is 1.25. The third-order valence-corrected chi connectivity index (χ3v) is 3.17. The summed E-state index contributed by atoms with van der Waals surface area (Å²) in [7, 11) is 0. The highest BCUT2D eigenvalue weighted by atomic mass is 16.3. The van der Waals surface area contributed by atoms with Crippen LogP contribution < -0.4 is 10.6 Å². The Morgan fingerprint density at radius 3 is 2.43 bits per heavy atom. The van der Waals surface area contributed by atoms with Gasteiger partial charge < -0.3 is 15.7 Å². The minimum atomic E-state index is -0.683. The van der Waals surface area contributed by atoms with Crippen LogP contribution in [0.3, 0.4) is 0 Å². The fourth-order valence-corrected chi connectivity index (χ4v) is 2.16. The van der Waals surface area contributed by atoms with Gasteiger partial charge in [0.2, 0.25) is 0 Å². The van der Waals surface area contributed by atoms with Crippen molar-refractivity contribution in [3.8, 4) is 0 Å². The second-order valence-corrected chi connectivity index (χ2v) is 6.17. The molecule has 0 aromatic heterocycles. The lowest BCUT2D eigenvalue weighted by Gasteiger charge is -2.26. The molecule has 1 unspecified atom stereocenters. The van der Waals surface area contributed by atoms with Gasteiger partial charge in [0, 0.05) is 12.2 Å². The predicted octanol–water partition coefficient (Wildman–Crippen LogP) is 1.85. The number of anilines is 1. The van der Waals surface area contributed by atoms with Crippen molar-refractivity contribution < 1.29 is 14.7 Å². The van der Waals surface area contributed by atoms with E-state index in [1.807, 2.05) is 32.9 Å². The Bertz CT molecular complexity index is 510. The molecule has 5 nitrogen and oxygen atoms in total. The van der Waals surface area contributed by atoms with E-state index in [2.05, 4.69) is 10.6 Å². The molecule has 0 bridgehead atoms. The van der Waals surface area contributed by atoms with Gasteiger partial charge in [0.25, 0.3) is 0 Å². The highest BCUT2D eigenvalue weighted by molar-refractivity contribution is 6.39. The summed E-state index contributed by atoms with van der Waals surface area (Å²) in [5, 5.41) is 14.6. The molecule has 0 saturated carbocycles. The number of hydrogen-bond donors (Lipinski definition) is 3. The zero-order valence-corrected chi connectivity index (χ0v) is 13.1. The molecule has 0 aliphatic rings. The molecule has 5 heteroatoms. The van der Waals surface area contributed by atoms with E-state index >= 15 is 0 Å². The van der Waals surface area contributed by atoms with Crippen molar-refractivity contribution in [1.29, 1.82) is 0 Å². The standard InChI is InChI=1S/C16H24N2O3/c1-11-7-5-6-8-13(11)18-15(21)14(20)17-10-16(3,4)9-12(2)19/h5-8,12,19H,9-10H2,1-4H3,(H,17,20)(H,18,21). The van der Waals surface area contributed by atoms with E-state index < -0.39 is 17.9 Å². The summed E-state index contributed by atoms with van der Waals surface area (Å²) >= 11 is 0. The molecule has 1 aromatic rings. The lowest BCUT2D eigenvalue weighted by atomic mass is 9.87. The van der Waals surface area contributed by atoms with E-state index in [4.69, 9.17) is 0 Å². The number of nitrogens with one attached hydrogen (secondary N) is 2. The third kappa shape index (κ3) is 5.95. The first-order valence-corrected chi connectivity index (χ1v) is 7.04. The number of rotatable bonds is 5. The van der Waals surface area contributed by atoms with Crippen LogP contribution in [0, 0.1) is 12.3 Å². The van der Waals surface area contributed by atoms with Crippen LogP contribution in [0.25, 0.3) is 0 Å². The number of carbonyl (C=O) groups excluding carboxylic acids is 2. The number of aryl methyl sites for hydroxylation is 1. The molecule has 1 aromatic carbocycles. The molecule has 2 amide bonds. The fraction of sp³-hybridized carbons (Fsp3) is 0.500. The van der Waals surface area contributed by atoms with Crippen LogP contribution in [-0.2, 0) is 9.59 Å². The SMILES string of the molecule is Cc1ccccc1NC(=O)C(=O)NCC(C)(C)CC(C)O. The third-order valence-electron chi connectivity index (χ3n) is 3.17. The summed E-state index contributed by atoms with van der Waals surface area (Å²) in [4.78, 5) is 23.6. The summed E-state index contributed by atoms with van der Waals surface area (Å²) in [6.07, 6.45) is 0.102. The largest absolute Gasteiger partial charge is 0.393 e. The predicted molar refractivity (Wildman–Crippen MR) is 82.9 cm³/mol. The maximum Gasteiger partial charge on any atom is 0.313 e. The molecule has 1 atom stereocenters. The fourth-order valence-electron chi connectivity index (χ4n) is 2.16. The Morgan fingerprint density at radius 1 is 1.24 bits per heavy atom. The molecule has 0 heterocycles. The zero-order valence-electron chi connectivity index (χ0n) is 13.1. The van der Waals surface area contributed by atoms with Gasteiger partial charge in [-0.3, -0.25) is 9.59 Å². The Kier molecular flexibility index (Phi) is 5.90. The number of carbonyl (C=O) groups is 2. The molecule has 0 spiro atoms. The highest BCUT2D eigenvalue weighted by Crippen LogP contribution is 2.21. The number of aliphatic hydroxyl groups excluding tert-OH is 1. The second-order valence-electron chi connectivity index (χ2n) is 6.17. The van der Waals surface area contributed by atoms with Crippen molar-refractivity contribution in [2.75, 3.05) is 11.9 Å². The number of aliphatic hydroxyl groups is 1. The average molecular weight is 292 g/mol. The molecule has 3 N–H and O–H groups in total. The van der Waals surface area contributed by atoms with Crippen LogP contribution in [0.5, 0.6) is 0 Å². The van der Waals surface area contributed by atoms with Gasteiger partial charge in [-0.2, -0.15) is 0 Å². The minimum Gasteiger partial charge on any atom is -0.393 e. The van der Waals surface area contributed by atoms with Crippen molar-refractivity contribution in [2.45, 2.75) is 40.2 Å². The Hall–Kier alpha value is -1.88. The van der Waals surface area contributed by atoms with Crippen LogP contribution >= 0.6 is 0 Å². The zero-order chi connectivity index (χ0) is 16.0. The molecular formula is C16H24N2O3. The first kappa shape index (κ1) is 17.2. The summed E-state index contributed by atoms with van der Waals surface area (Å²) < 4.78 is 0.